The molecule has 4 amide bonds. The van der Waals surface area contributed by atoms with E-state index in [9.17, 15) is 28.0 Å². The number of alkyl halides is 2. The lowest BCUT2D eigenvalue weighted by molar-refractivity contribution is -0.147. The van der Waals surface area contributed by atoms with Crippen LogP contribution in [0.2, 0.25) is 10.2 Å². The van der Waals surface area contributed by atoms with Crippen molar-refractivity contribution in [3.63, 3.8) is 0 Å². The standard InChI is InChI=1S/C22H21B3ClF2N3O4/c23-20(24)8-16(32)30-19(35)22(20,25)31-10-12-7-11(1-6-15(12)17(31)33)9-29-18(34)21(27,28)13-2-4-14(26)5-3-13/h1-7H,8-10,23-25H2,(H,29,34)(H,30,32,35)/t22-/m1/s1. The fourth-order valence-corrected chi connectivity index (χ4v) is 4.72. The van der Waals surface area contributed by atoms with Crippen LogP contribution in [0.4, 0.5) is 8.78 Å². The Labute approximate surface area is 208 Å². The van der Waals surface area contributed by atoms with Gasteiger partial charge in [-0.15, -0.1) is 0 Å². The lowest BCUT2D eigenvalue weighted by Crippen LogP contribution is -2.70. The molecule has 2 aliphatic heterocycles. The summed E-state index contributed by atoms with van der Waals surface area (Å²) in [4.78, 5) is 51.6. The van der Waals surface area contributed by atoms with Gasteiger partial charge in [-0.05, 0) is 29.3 Å². The van der Waals surface area contributed by atoms with Crippen LogP contribution in [-0.4, -0.2) is 57.5 Å². The summed E-state index contributed by atoms with van der Waals surface area (Å²) < 4.78 is 29.0. The van der Waals surface area contributed by atoms with Gasteiger partial charge in [0.15, 0.2) is 0 Å². The number of amides is 4. The lowest BCUT2D eigenvalue weighted by atomic mass is 9.36. The average Bonchev–Trinajstić information content (AvgIpc) is 3.11. The van der Waals surface area contributed by atoms with E-state index < -0.39 is 39.9 Å². The summed E-state index contributed by atoms with van der Waals surface area (Å²) >= 11 is 5.73. The predicted octanol–water partition coefficient (Wildman–Crippen LogP) is -0.538. The molecule has 178 valence electrons. The highest BCUT2D eigenvalue weighted by Crippen LogP contribution is 2.44. The first kappa shape index (κ1) is 25.0. The Morgan fingerprint density at radius 2 is 1.77 bits per heavy atom. The molecule has 0 aromatic heterocycles. The maximum Gasteiger partial charge on any atom is 0.349 e. The maximum atomic E-state index is 14.5. The van der Waals surface area contributed by atoms with Gasteiger partial charge >= 0.3 is 5.92 Å². The highest BCUT2D eigenvalue weighted by atomic mass is 35.5. The van der Waals surface area contributed by atoms with Gasteiger partial charge in [0.25, 0.3) is 11.8 Å². The first-order chi connectivity index (χ1) is 16.3. The van der Waals surface area contributed by atoms with E-state index in [1.165, 1.54) is 17.0 Å². The SMILES string of the molecule is BC1(B)CC(=O)NC(=O)[C@@]1(B)N1Cc2cc(CNC(=O)C(F)(F)c3ccc(Cl)cc3)ccc2C1=O. The topological polar surface area (TPSA) is 95.6 Å². The molecule has 2 N–H and O–H groups in total. The van der Waals surface area contributed by atoms with Gasteiger partial charge in [-0.25, -0.2) is 0 Å². The molecule has 0 saturated carbocycles. The number of nitrogens with zero attached hydrogens (tertiary/aromatic N) is 1. The Hall–Kier alpha value is -3.14. The van der Waals surface area contributed by atoms with E-state index in [-0.39, 0.29) is 30.4 Å². The van der Waals surface area contributed by atoms with Crippen LogP contribution in [0.15, 0.2) is 42.5 Å². The molecule has 2 heterocycles. The fourth-order valence-electron chi connectivity index (χ4n) is 4.59. The van der Waals surface area contributed by atoms with E-state index >= 15 is 0 Å². The first-order valence-corrected chi connectivity index (χ1v) is 11.4. The Kier molecular flexibility index (Phi) is 6.07. The fraction of sp³-hybridized carbons (Fsp3) is 0.273. The first-order valence-electron chi connectivity index (χ1n) is 11.0. The van der Waals surface area contributed by atoms with Crippen molar-refractivity contribution < 1.29 is 28.0 Å². The third-order valence-electron chi connectivity index (χ3n) is 7.07. The third-order valence-corrected chi connectivity index (χ3v) is 7.33. The second-order valence-corrected chi connectivity index (χ2v) is 10.1. The third kappa shape index (κ3) is 4.13. The molecule has 0 radical (unpaired) electrons. The molecule has 35 heavy (non-hydrogen) atoms. The van der Waals surface area contributed by atoms with Crippen molar-refractivity contribution in [2.24, 2.45) is 0 Å². The molecule has 2 aliphatic rings. The van der Waals surface area contributed by atoms with E-state index in [2.05, 4.69) is 10.6 Å². The van der Waals surface area contributed by atoms with Gasteiger partial charge in [0.1, 0.15) is 23.5 Å². The lowest BCUT2D eigenvalue weighted by Gasteiger charge is -2.51. The highest BCUT2D eigenvalue weighted by Gasteiger charge is 2.57. The summed E-state index contributed by atoms with van der Waals surface area (Å²) in [6.07, 6.45) is 0.0779. The van der Waals surface area contributed by atoms with Crippen molar-refractivity contribution in [1.82, 2.24) is 15.5 Å². The zero-order valence-electron chi connectivity index (χ0n) is 19.4. The van der Waals surface area contributed by atoms with Gasteiger partial charge in [0.2, 0.25) is 11.8 Å². The van der Waals surface area contributed by atoms with Crippen LogP contribution in [0.25, 0.3) is 0 Å². The van der Waals surface area contributed by atoms with E-state index in [1.54, 1.807) is 41.7 Å². The largest absolute Gasteiger partial charge is 0.349 e. The zero-order valence-corrected chi connectivity index (χ0v) is 20.1. The Morgan fingerprint density at radius 1 is 1.11 bits per heavy atom. The molecule has 0 bridgehead atoms. The van der Waals surface area contributed by atoms with Crippen LogP contribution in [0.1, 0.15) is 33.5 Å². The Bertz CT molecular complexity index is 1260. The van der Waals surface area contributed by atoms with Crippen LogP contribution in [0, 0.1) is 0 Å². The zero-order chi connectivity index (χ0) is 25.8. The number of benzene rings is 2. The van der Waals surface area contributed by atoms with Crippen molar-refractivity contribution >= 4 is 58.8 Å². The van der Waals surface area contributed by atoms with Crippen molar-refractivity contribution in [2.75, 3.05) is 0 Å². The summed E-state index contributed by atoms with van der Waals surface area (Å²) in [6, 6.07) is 9.52. The second kappa shape index (κ2) is 8.51. The Balaban J connectivity index is 1.51. The monoisotopic (exact) mass is 497 g/mol. The highest BCUT2D eigenvalue weighted by molar-refractivity contribution is 6.52. The summed E-state index contributed by atoms with van der Waals surface area (Å²) in [7, 11) is 5.17. The van der Waals surface area contributed by atoms with E-state index in [0.29, 0.717) is 16.7 Å². The quantitative estimate of drug-likeness (QED) is 0.429. The van der Waals surface area contributed by atoms with Crippen molar-refractivity contribution in [2.45, 2.75) is 36.1 Å². The molecule has 0 aliphatic carbocycles. The molecule has 1 fully saturated rings. The van der Waals surface area contributed by atoms with Crippen LogP contribution >= 0.6 is 11.6 Å². The van der Waals surface area contributed by atoms with Gasteiger partial charge in [-0.1, -0.05) is 41.1 Å². The van der Waals surface area contributed by atoms with Gasteiger partial charge in [-0.3, -0.25) is 24.5 Å². The molecule has 13 heteroatoms. The second-order valence-electron chi connectivity index (χ2n) is 9.66. The Morgan fingerprint density at radius 3 is 2.40 bits per heavy atom. The number of carbonyl (C=O) groups excluding carboxylic acids is 4. The normalized spacial score (nSPS) is 21.5. The van der Waals surface area contributed by atoms with Gasteiger partial charge in [-0.2, -0.15) is 8.78 Å². The van der Waals surface area contributed by atoms with Gasteiger partial charge in [0.05, 0.1) is 5.44 Å². The minimum absolute atomic E-state index is 0.0779. The van der Waals surface area contributed by atoms with Crippen LogP contribution in [0.5, 0.6) is 0 Å². The minimum atomic E-state index is -3.75. The summed E-state index contributed by atoms with van der Waals surface area (Å²) in [5, 5.41) is 4.03. The summed E-state index contributed by atoms with van der Waals surface area (Å²) in [5.74, 6) is -6.51. The molecule has 2 aromatic rings. The predicted molar refractivity (Wildman–Crippen MR) is 132 cm³/mol. The molecule has 0 spiro atoms. The summed E-state index contributed by atoms with van der Waals surface area (Å²) in [6.45, 7) is -0.0698. The smallest absolute Gasteiger partial charge is 0.346 e. The molecule has 4 rings (SSSR count). The maximum absolute atomic E-state index is 14.5. The summed E-state index contributed by atoms with van der Waals surface area (Å²) in [5.41, 5.74) is -0.242. The van der Waals surface area contributed by atoms with Crippen LogP contribution in [-0.2, 0) is 33.4 Å². The van der Waals surface area contributed by atoms with Crippen LogP contribution in [0.3, 0.4) is 0 Å². The van der Waals surface area contributed by atoms with E-state index in [1.807, 2.05) is 0 Å². The average molecular weight is 497 g/mol. The van der Waals surface area contributed by atoms with Crippen molar-refractivity contribution in [3.05, 3.63) is 69.7 Å². The molecule has 1 atom stereocenters. The number of halogens is 3. The van der Waals surface area contributed by atoms with E-state index in [4.69, 9.17) is 11.6 Å². The number of fused-ring (bicyclic) bond motifs is 1. The molecule has 1 saturated heterocycles. The van der Waals surface area contributed by atoms with E-state index in [0.717, 1.165) is 12.1 Å². The van der Waals surface area contributed by atoms with Crippen LogP contribution < -0.4 is 10.6 Å². The number of hydrogen-bond acceptors (Lipinski definition) is 4. The van der Waals surface area contributed by atoms with Gasteiger partial charge < -0.3 is 10.2 Å². The molecule has 2 aromatic carbocycles. The van der Waals surface area contributed by atoms with Crippen molar-refractivity contribution in [3.8, 4) is 0 Å². The molecular formula is C22H21B3ClF2N3O4. The number of piperidine rings is 1. The molecule has 0 unspecified atom stereocenters. The number of nitrogens with one attached hydrogen (secondary N) is 2. The number of carbonyl (C=O) groups is 4. The number of hydrogen-bond donors (Lipinski definition) is 2. The van der Waals surface area contributed by atoms with Gasteiger partial charge in [0, 0.05) is 35.7 Å². The van der Waals surface area contributed by atoms with Crippen molar-refractivity contribution in [1.29, 1.82) is 0 Å². The molecular weight excluding hydrogens is 476 g/mol. The minimum Gasteiger partial charge on any atom is -0.346 e. The molecule has 7 nitrogen and oxygen atoms in total. The number of imide groups is 1. The number of rotatable bonds is 5.